The normalized spacial score (nSPS) is 10.7. The van der Waals surface area contributed by atoms with Crippen LogP contribution in [0.5, 0.6) is 0 Å². The maximum atomic E-state index is 7.34. The Balaban J connectivity index is 1.73. The molecule has 0 bridgehead atoms. The van der Waals surface area contributed by atoms with Crippen molar-refractivity contribution in [2.24, 2.45) is 0 Å². The molecule has 158 valence electrons. The summed E-state index contributed by atoms with van der Waals surface area (Å²) >= 11 is 0. The zero-order valence-electron chi connectivity index (χ0n) is 18.4. The van der Waals surface area contributed by atoms with Gasteiger partial charge in [0.1, 0.15) is 5.82 Å². The Morgan fingerprint density at radius 2 is 1.42 bits per heavy atom. The summed E-state index contributed by atoms with van der Waals surface area (Å²) in [6.07, 6.45) is 4.54. The Labute approximate surface area is 194 Å². The molecular weight excluding hydrogens is 402 g/mol. The van der Waals surface area contributed by atoms with Crippen molar-refractivity contribution in [3.05, 3.63) is 138 Å². The lowest BCUT2D eigenvalue weighted by Gasteiger charge is -2.20. The first-order chi connectivity index (χ1) is 16.2. The van der Waals surface area contributed by atoms with Crippen molar-refractivity contribution in [2.45, 2.75) is 13.3 Å². The van der Waals surface area contributed by atoms with Gasteiger partial charge in [-0.3, -0.25) is 0 Å². The minimum atomic E-state index is 0.646. The second-order valence-electron chi connectivity index (χ2n) is 8.11. The first-order valence-corrected chi connectivity index (χ1v) is 11.0. The first kappa shape index (κ1) is 20.5. The molecule has 5 rings (SSSR count). The third kappa shape index (κ3) is 4.20. The molecule has 0 aliphatic rings. The molecule has 0 saturated carbocycles. The number of aromatic nitrogens is 2. The quantitative estimate of drug-likeness (QED) is 0.265. The van der Waals surface area contributed by atoms with E-state index in [1.165, 1.54) is 27.8 Å². The van der Waals surface area contributed by atoms with Crippen LogP contribution in [0, 0.1) is 13.5 Å². The van der Waals surface area contributed by atoms with E-state index in [0.717, 1.165) is 17.1 Å². The second-order valence-corrected chi connectivity index (χ2v) is 8.11. The van der Waals surface area contributed by atoms with Crippen LogP contribution in [0.4, 0.5) is 5.69 Å². The van der Waals surface area contributed by atoms with Gasteiger partial charge in [-0.2, -0.15) is 0 Å². The summed E-state index contributed by atoms with van der Waals surface area (Å²) in [5.41, 5.74) is 8.73. The van der Waals surface area contributed by atoms with Gasteiger partial charge in [0.05, 0.1) is 12.3 Å². The standard InChI is InChI=1S/C30H23N3/c1-22-18-27(24-11-5-3-6-12-24)30(28(19-22)25-13-7-4-8-14-25)33-17-16-32-29(33)21-23-10-9-15-26(20-23)31-2/h3-20H,21H2,1H3. The minimum Gasteiger partial charge on any atom is -0.302 e. The van der Waals surface area contributed by atoms with Gasteiger partial charge >= 0.3 is 0 Å². The van der Waals surface area contributed by atoms with Gasteiger partial charge < -0.3 is 4.57 Å². The molecule has 0 aliphatic carbocycles. The maximum absolute atomic E-state index is 7.34. The molecule has 3 heteroatoms. The van der Waals surface area contributed by atoms with Gasteiger partial charge in [-0.05, 0) is 35.7 Å². The SMILES string of the molecule is [C-]#[N+]c1cccc(Cc2nccn2-c2c(-c3ccccc3)cc(C)cc2-c2ccccc2)c1. The molecule has 0 fully saturated rings. The fourth-order valence-electron chi connectivity index (χ4n) is 4.30. The van der Waals surface area contributed by atoms with Gasteiger partial charge in [0, 0.05) is 29.9 Å². The number of hydrogen-bond donors (Lipinski definition) is 0. The van der Waals surface area contributed by atoms with Crippen LogP contribution in [0.3, 0.4) is 0 Å². The van der Waals surface area contributed by atoms with Crippen LogP contribution in [0.2, 0.25) is 0 Å². The molecule has 0 N–H and O–H groups in total. The van der Waals surface area contributed by atoms with Gasteiger partial charge in [-0.25, -0.2) is 9.83 Å². The van der Waals surface area contributed by atoms with Crippen LogP contribution in [0.25, 0.3) is 32.8 Å². The molecule has 33 heavy (non-hydrogen) atoms. The number of benzene rings is 4. The minimum absolute atomic E-state index is 0.646. The third-order valence-electron chi connectivity index (χ3n) is 5.78. The van der Waals surface area contributed by atoms with E-state index in [4.69, 9.17) is 11.6 Å². The molecule has 0 saturated heterocycles. The van der Waals surface area contributed by atoms with Gasteiger partial charge in [-0.1, -0.05) is 90.5 Å². The van der Waals surface area contributed by atoms with Crippen LogP contribution in [0.1, 0.15) is 17.0 Å². The number of aryl methyl sites for hydroxylation is 1. The molecule has 0 amide bonds. The summed E-state index contributed by atoms with van der Waals surface area (Å²) in [5, 5.41) is 0. The van der Waals surface area contributed by atoms with Crippen molar-refractivity contribution in [2.75, 3.05) is 0 Å². The summed E-state index contributed by atoms with van der Waals surface area (Å²) in [5.74, 6) is 0.940. The molecular formula is C30H23N3. The Kier molecular flexibility index (Phi) is 5.57. The summed E-state index contributed by atoms with van der Waals surface area (Å²) in [7, 11) is 0. The third-order valence-corrected chi connectivity index (χ3v) is 5.78. The lowest BCUT2D eigenvalue weighted by molar-refractivity contribution is 0.916. The van der Waals surface area contributed by atoms with Crippen LogP contribution < -0.4 is 0 Å². The second kappa shape index (κ2) is 8.98. The van der Waals surface area contributed by atoms with E-state index >= 15 is 0 Å². The van der Waals surface area contributed by atoms with Crippen molar-refractivity contribution < 1.29 is 0 Å². The molecule has 3 nitrogen and oxygen atoms in total. The molecule has 0 radical (unpaired) electrons. The zero-order chi connectivity index (χ0) is 22.6. The number of hydrogen-bond acceptors (Lipinski definition) is 1. The fourth-order valence-corrected chi connectivity index (χ4v) is 4.30. The van der Waals surface area contributed by atoms with Crippen LogP contribution >= 0.6 is 0 Å². The Morgan fingerprint density at radius 1 is 0.788 bits per heavy atom. The van der Waals surface area contributed by atoms with Crippen LogP contribution in [-0.2, 0) is 6.42 Å². The number of imidazole rings is 1. The first-order valence-electron chi connectivity index (χ1n) is 11.0. The Hall–Kier alpha value is -4.42. The highest BCUT2D eigenvalue weighted by Crippen LogP contribution is 2.37. The summed E-state index contributed by atoms with van der Waals surface area (Å²) < 4.78 is 2.20. The van der Waals surface area contributed by atoms with E-state index in [2.05, 4.69) is 83.1 Å². The average Bonchev–Trinajstić information content (AvgIpc) is 3.32. The molecule has 0 spiro atoms. The van der Waals surface area contributed by atoms with E-state index in [1.54, 1.807) is 0 Å². The Morgan fingerprint density at radius 3 is 2.03 bits per heavy atom. The lowest BCUT2D eigenvalue weighted by Crippen LogP contribution is -2.06. The van der Waals surface area contributed by atoms with Gasteiger partial charge in [0.15, 0.2) is 5.69 Å². The zero-order valence-corrected chi connectivity index (χ0v) is 18.4. The molecule has 0 aliphatic heterocycles. The highest BCUT2D eigenvalue weighted by Gasteiger charge is 2.18. The Bertz CT molecular complexity index is 1380. The van der Waals surface area contributed by atoms with E-state index in [-0.39, 0.29) is 0 Å². The maximum Gasteiger partial charge on any atom is 0.187 e. The molecule has 4 aromatic carbocycles. The highest BCUT2D eigenvalue weighted by atomic mass is 15.1. The number of nitrogens with zero attached hydrogens (tertiary/aromatic N) is 3. The van der Waals surface area contributed by atoms with Crippen molar-refractivity contribution in [3.63, 3.8) is 0 Å². The summed E-state index contributed by atoms with van der Waals surface area (Å²) in [4.78, 5) is 8.30. The molecule has 1 heterocycles. The lowest BCUT2D eigenvalue weighted by atomic mass is 9.93. The highest BCUT2D eigenvalue weighted by molar-refractivity contribution is 5.86. The van der Waals surface area contributed by atoms with Crippen LogP contribution in [0.15, 0.2) is 109 Å². The molecule has 5 aromatic rings. The van der Waals surface area contributed by atoms with E-state index in [9.17, 15) is 0 Å². The fraction of sp³-hybridized carbons (Fsp3) is 0.0667. The smallest absolute Gasteiger partial charge is 0.187 e. The largest absolute Gasteiger partial charge is 0.302 e. The molecule has 0 atom stereocenters. The number of rotatable bonds is 5. The average molecular weight is 426 g/mol. The van der Waals surface area contributed by atoms with Crippen molar-refractivity contribution in [1.29, 1.82) is 0 Å². The molecule has 1 aromatic heterocycles. The topological polar surface area (TPSA) is 22.2 Å². The monoisotopic (exact) mass is 425 g/mol. The summed E-state index contributed by atoms with van der Waals surface area (Å²) in [6.45, 7) is 9.48. The van der Waals surface area contributed by atoms with Gasteiger partial charge in [0.2, 0.25) is 0 Å². The van der Waals surface area contributed by atoms with Gasteiger partial charge in [-0.15, -0.1) is 0 Å². The van der Waals surface area contributed by atoms with E-state index in [1.807, 2.05) is 42.7 Å². The van der Waals surface area contributed by atoms with E-state index < -0.39 is 0 Å². The van der Waals surface area contributed by atoms with Crippen molar-refractivity contribution in [1.82, 2.24) is 9.55 Å². The van der Waals surface area contributed by atoms with E-state index in [0.29, 0.717) is 12.1 Å². The summed E-state index contributed by atoms with van der Waals surface area (Å²) in [6, 6.07) is 33.3. The van der Waals surface area contributed by atoms with Crippen LogP contribution in [-0.4, -0.2) is 9.55 Å². The predicted molar refractivity (Wildman–Crippen MR) is 135 cm³/mol. The van der Waals surface area contributed by atoms with Crippen molar-refractivity contribution >= 4 is 5.69 Å². The van der Waals surface area contributed by atoms with Crippen molar-refractivity contribution in [3.8, 4) is 27.9 Å². The predicted octanol–water partition coefficient (Wildman–Crippen LogP) is 7.66. The van der Waals surface area contributed by atoms with Gasteiger partial charge in [0.25, 0.3) is 0 Å². The molecule has 0 unspecified atom stereocenters.